The minimum absolute atomic E-state index is 0.248. The lowest BCUT2D eigenvalue weighted by atomic mass is 10.0. The second-order valence-electron chi connectivity index (χ2n) is 5.04. The van der Waals surface area contributed by atoms with Crippen molar-refractivity contribution in [2.24, 2.45) is 5.73 Å². The summed E-state index contributed by atoms with van der Waals surface area (Å²) in [6.45, 7) is 5.07. The monoisotopic (exact) mass is 296 g/mol. The summed E-state index contributed by atoms with van der Waals surface area (Å²) in [6, 6.07) is 6.34. The number of hydrogen-bond donors (Lipinski definition) is 1. The van der Waals surface area contributed by atoms with Crippen LogP contribution < -0.4 is 15.2 Å². The maximum absolute atomic E-state index is 6.02. The Balaban J connectivity index is 2.22. The van der Waals surface area contributed by atoms with Crippen molar-refractivity contribution < 1.29 is 9.47 Å². The molecule has 1 heterocycles. The summed E-state index contributed by atoms with van der Waals surface area (Å²) in [4.78, 5) is 2.47. The van der Waals surface area contributed by atoms with E-state index in [1.165, 1.54) is 11.3 Å². The Morgan fingerprint density at radius 3 is 2.70 bits per heavy atom. The molecule has 1 aromatic rings. The van der Waals surface area contributed by atoms with Gasteiger partial charge in [0.05, 0.1) is 14.2 Å². The smallest absolute Gasteiger partial charge is 0.161 e. The zero-order chi connectivity index (χ0) is 14.5. The van der Waals surface area contributed by atoms with E-state index in [4.69, 9.17) is 15.2 Å². The standard InChI is InChI=1S/C15H24N2O2S/c1-11-10-17(6-7-20-11)13(9-16)12-4-5-14(18-2)15(8-12)19-3/h4-5,8,11,13H,6-7,9-10,16H2,1-3H3. The summed E-state index contributed by atoms with van der Waals surface area (Å²) in [5.41, 5.74) is 7.22. The van der Waals surface area contributed by atoms with Crippen LogP contribution in [0.2, 0.25) is 0 Å². The van der Waals surface area contributed by atoms with Gasteiger partial charge in [0.1, 0.15) is 0 Å². The summed E-state index contributed by atoms with van der Waals surface area (Å²) in [7, 11) is 3.32. The summed E-state index contributed by atoms with van der Waals surface area (Å²) in [6.07, 6.45) is 0. The van der Waals surface area contributed by atoms with Gasteiger partial charge in [-0.1, -0.05) is 13.0 Å². The average molecular weight is 296 g/mol. The van der Waals surface area contributed by atoms with E-state index in [2.05, 4.69) is 17.9 Å². The molecule has 1 aliphatic heterocycles. The minimum Gasteiger partial charge on any atom is -0.493 e. The van der Waals surface area contributed by atoms with Gasteiger partial charge in [-0.05, 0) is 17.7 Å². The maximum atomic E-state index is 6.02. The number of hydrogen-bond acceptors (Lipinski definition) is 5. The van der Waals surface area contributed by atoms with E-state index < -0.39 is 0 Å². The van der Waals surface area contributed by atoms with Gasteiger partial charge in [0.2, 0.25) is 0 Å². The number of benzene rings is 1. The van der Waals surface area contributed by atoms with Crippen molar-refractivity contribution in [3.8, 4) is 11.5 Å². The molecule has 4 nitrogen and oxygen atoms in total. The van der Waals surface area contributed by atoms with E-state index in [0.29, 0.717) is 11.8 Å². The Morgan fingerprint density at radius 1 is 1.35 bits per heavy atom. The Labute approximate surface area is 125 Å². The molecular formula is C15H24N2O2S. The van der Waals surface area contributed by atoms with Crippen LogP contribution in [-0.4, -0.2) is 49.8 Å². The van der Waals surface area contributed by atoms with Gasteiger partial charge in [0.25, 0.3) is 0 Å². The molecule has 2 rings (SSSR count). The van der Waals surface area contributed by atoms with Gasteiger partial charge in [-0.25, -0.2) is 0 Å². The van der Waals surface area contributed by atoms with Crippen LogP contribution in [0, 0.1) is 0 Å². The number of ether oxygens (including phenoxy) is 2. The number of methoxy groups -OCH3 is 2. The highest BCUT2D eigenvalue weighted by atomic mass is 32.2. The molecule has 2 unspecified atom stereocenters. The molecule has 0 saturated carbocycles. The van der Waals surface area contributed by atoms with Gasteiger partial charge in [-0.3, -0.25) is 4.90 Å². The van der Waals surface area contributed by atoms with Gasteiger partial charge in [-0.15, -0.1) is 0 Å². The topological polar surface area (TPSA) is 47.7 Å². The molecule has 0 radical (unpaired) electrons. The molecule has 2 N–H and O–H groups in total. The number of nitrogens with two attached hydrogens (primary N) is 1. The number of nitrogens with zero attached hydrogens (tertiary/aromatic N) is 1. The van der Waals surface area contributed by atoms with E-state index in [0.717, 1.165) is 24.6 Å². The van der Waals surface area contributed by atoms with Crippen molar-refractivity contribution in [2.75, 3.05) is 39.6 Å². The van der Waals surface area contributed by atoms with E-state index in [-0.39, 0.29) is 6.04 Å². The predicted molar refractivity (Wildman–Crippen MR) is 84.8 cm³/mol. The van der Waals surface area contributed by atoms with Crippen LogP contribution in [0.25, 0.3) is 0 Å². The zero-order valence-electron chi connectivity index (χ0n) is 12.5. The average Bonchev–Trinajstić information content (AvgIpc) is 2.48. The third-order valence-corrected chi connectivity index (χ3v) is 4.87. The molecule has 0 spiro atoms. The minimum atomic E-state index is 0.248. The first-order valence-corrected chi connectivity index (χ1v) is 8.02. The molecule has 1 aromatic carbocycles. The normalized spacial score (nSPS) is 21.5. The fraction of sp³-hybridized carbons (Fsp3) is 0.600. The van der Waals surface area contributed by atoms with Gasteiger partial charge in [-0.2, -0.15) is 11.8 Å². The van der Waals surface area contributed by atoms with E-state index >= 15 is 0 Å². The maximum Gasteiger partial charge on any atom is 0.161 e. The quantitative estimate of drug-likeness (QED) is 0.902. The van der Waals surface area contributed by atoms with Crippen LogP contribution in [0.3, 0.4) is 0 Å². The molecule has 1 fully saturated rings. The van der Waals surface area contributed by atoms with Crippen LogP contribution in [0.4, 0.5) is 0 Å². The highest BCUT2D eigenvalue weighted by molar-refractivity contribution is 7.99. The molecule has 5 heteroatoms. The third-order valence-electron chi connectivity index (χ3n) is 3.73. The Kier molecular flexibility index (Phi) is 5.57. The Bertz CT molecular complexity index is 442. The third kappa shape index (κ3) is 3.40. The first-order valence-electron chi connectivity index (χ1n) is 6.97. The van der Waals surface area contributed by atoms with Crippen LogP contribution in [-0.2, 0) is 0 Å². The molecule has 2 atom stereocenters. The molecule has 1 saturated heterocycles. The lowest BCUT2D eigenvalue weighted by molar-refractivity contribution is 0.210. The summed E-state index contributed by atoms with van der Waals surface area (Å²) in [5, 5.41) is 0.665. The van der Waals surface area contributed by atoms with Crippen molar-refractivity contribution in [1.82, 2.24) is 4.90 Å². The van der Waals surface area contributed by atoms with Crippen LogP contribution >= 0.6 is 11.8 Å². The van der Waals surface area contributed by atoms with Gasteiger partial charge in [0, 0.05) is 36.7 Å². The van der Waals surface area contributed by atoms with Crippen molar-refractivity contribution in [1.29, 1.82) is 0 Å². The van der Waals surface area contributed by atoms with Gasteiger partial charge >= 0.3 is 0 Å². The van der Waals surface area contributed by atoms with Crippen molar-refractivity contribution in [3.05, 3.63) is 23.8 Å². The number of thioether (sulfide) groups is 1. The van der Waals surface area contributed by atoms with E-state index in [9.17, 15) is 0 Å². The summed E-state index contributed by atoms with van der Waals surface area (Å²) < 4.78 is 10.7. The Hall–Kier alpha value is -0.910. The fourth-order valence-corrected chi connectivity index (χ4v) is 3.72. The molecule has 0 bridgehead atoms. The molecule has 112 valence electrons. The van der Waals surface area contributed by atoms with E-state index in [1.807, 2.05) is 23.9 Å². The molecule has 0 aliphatic carbocycles. The van der Waals surface area contributed by atoms with Crippen molar-refractivity contribution in [3.63, 3.8) is 0 Å². The van der Waals surface area contributed by atoms with Gasteiger partial charge in [0.15, 0.2) is 11.5 Å². The molecule has 0 aromatic heterocycles. The van der Waals surface area contributed by atoms with E-state index in [1.54, 1.807) is 14.2 Å². The fourth-order valence-electron chi connectivity index (χ4n) is 2.68. The highest BCUT2D eigenvalue weighted by Gasteiger charge is 2.25. The zero-order valence-corrected chi connectivity index (χ0v) is 13.3. The van der Waals surface area contributed by atoms with Gasteiger partial charge < -0.3 is 15.2 Å². The number of rotatable bonds is 5. The first-order chi connectivity index (χ1) is 9.69. The predicted octanol–water partition coefficient (Wildman–Crippen LogP) is 2.14. The SMILES string of the molecule is COc1ccc(C(CN)N2CCSC(C)C2)cc1OC. The van der Waals surface area contributed by atoms with Crippen LogP contribution in [0.5, 0.6) is 11.5 Å². The summed E-state index contributed by atoms with van der Waals surface area (Å²) >= 11 is 2.03. The summed E-state index contributed by atoms with van der Waals surface area (Å²) in [5.74, 6) is 2.70. The molecule has 20 heavy (non-hydrogen) atoms. The van der Waals surface area contributed by atoms with Crippen molar-refractivity contribution in [2.45, 2.75) is 18.2 Å². The van der Waals surface area contributed by atoms with Crippen LogP contribution in [0.15, 0.2) is 18.2 Å². The Morgan fingerprint density at radius 2 is 2.10 bits per heavy atom. The largest absolute Gasteiger partial charge is 0.493 e. The second kappa shape index (κ2) is 7.20. The van der Waals surface area contributed by atoms with Crippen LogP contribution in [0.1, 0.15) is 18.5 Å². The van der Waals surface area contributed by atoms with Crippen molar-refractivity contribution >= 4 is 11.8 Å². The molecular weight excluding hydrogens is 272 g/mol. The second-order valence-corrected chi connectivity index (χ2v) is 6.59. The lowest BCUT2D eigenvalue weighted by Gasteiger charge is -2.36. The molecule has 1 aliphatic rings. The molecule has 0 amide bonds. The first kappa shape index (κ1) is 15.5. The highest BCUT2D eigenvalue weighted by Crippen LogP contribution is 2.33. The lowest BCUT2D eigenvalue weighted by Crippen LogP contribution is -2.42.